The molecule has 234 valence electrons. The Balaban J connectivity index is 1.07. The van der Waals surface area contributed by atoms with E-state index < -0.39 is 23.5 Å². The van der Waals surface area contributed by atoms with Gasteiger partial charge in [0.05, 0.1) is 22.8 Å². The zero-order valence-electron chi connectivity index (χ0n) is 24.1. The number of alkyl halides is 3. The van der Waals surface area contributed by atoms with Gasteiger partial charge in [-0.15, -0.1) is 0 Å². The summed E-state index contributed by atoms with van der Waals surface area (Å²) in [4.78, 5) is 44.4. The molecule has 0 spiro atoms. The van der Waals surface area contributed by atoms with Crippen LogP contribution >= 0.6 is 0 Å². The van der Waals surface area contributed by atoms with E-state index in [9.17, 15) is 31.9 Å². The van der Waals surface area contributed by atoms with Gasteiger partial charge in [-0.2, -0.15) is 18.4 Å². The molecule has 2 amide bonds. The van der Waals surface area contributed by atoms with Crippen LogP contribution in [0.25, 0.3) is 0 Å². The number of pyridine rings is 1. The number of ketones is 1. The van der Waals surface area contributed by atoms with Gasteiger partial charge in [-0.05, 0) is 74.9 Å². The molecule has 0 radical (unpaired) electrons. The number of carbonyl (C=O) groups is 3. The number of ether oxygens (including phenoxy) is 1. The van der Waals surface area contributed by atoms with Gasteiger partial charge in [0.2, 0.25) is 0 Å². The van der Waals surface area contributed by atoms with E-state index in [4.69, 9.17) is 10.00 Å². The van der Waals surface area contributed by atoms with E-state index in [1.165, 1.54) is 42.6 Å². The standard InChI is InChI=1S/C33H30F4N4O4/c34-28-17-27(9-3-22(28)18-38)45-26-10-7-25(8-11-26)40-31(43)29-12-4-23(19-39-29)32(44)41-15-13-21(14-16-41)30(42)20-1-5-24(6-2-20)33(35,36)37/h1-6,9,12,17,19,21,25-26H,7-8,10-11,13-16H2,(H,40,43)/t25-,26+. The maximum absolute atomic E-state index is 13.9. The fourth-order valence-electron chi connectivity index (χ4n) is 5.68. The molecule has 0 atom stereocenters. The third kappa shape index (κ3) is 7.66. The van der Waals surface area contributed by atoms with Crippen LogP contribution in [0.3, 0.4) is 0 Å². The molecule has 12 heteroatoms. The molecule has 0 bridgehead atoms. The van der Waals surface area contributed by atoms with Gasteiger partial charge in [0.25, 0.3) is 11.8 Å². The SMILES string of the molecule is N#Cc1ccc(O[C@H]2CC[C@@H](NC(=O)c3ccc(C(=O)N4CCC(C(=O)c5ccc(C(F)(F)F)cc5)CC4)cn3)CC2)cc1F. The Bertz CT molecular complexity index is 1590. The van der Waals surface area contributed by atoms with Crippen molar-refractivity contribution in [2.75, 3.05) is 13.1 Å². The summed E-state index contributed by atoms with van der Waals surface area (Å²) in [6.45, 7) is 0.620. The number of nitrogens with one attached hydrogen (secondary N) is 1. The fourth-order valence-corrected chi connectivity index (χ4v) is 5.68. The molecule has 5 rings (SSSR count). The van der Waals surface area contributed by atoms with Crippen LogP contribution in [-0.2, 0) is 6.18 Å². The molecule has 1 aromatic heterocycles. The Morgan fingerprint density at radius 1 is 0.911 bits per heavy atom. The molecule has 0 unspecified atom stereocenters. The molecule has 2 aliphatic rings. The average molecular weight is 623 g/mol. The van der Waals surface area contributed by atoms with Crippen molar-refractivity contribution in [3.8, 4) is 11.8 Å². The van der Waals surface area contributed by atoms with Crippen LogP contribution in [0.5, 0.6) is 5.75 Å². The monoisotopic (exact) mass is 622 g/mol. The van der Waals surface area contributed by atoms with Gasteiger partial charge in [0.15, 0.2) is 5.78 Å². The molecule has 1 saturated heterocycles. The van der Waals surface area contributed by atoms with E-state index in [1.54, 1.807) is 17.0 Å². The van der Waals surface area contributed by atoms with E-state index >= 15 is 0 Å². The Labute approximate surface area is 257 Å². The molecule has 1 saturated carbocycles. The summed E-state index contributed by atoms with van der Waals surface area (Å²) in [6.07, 6.45) is 0.125. The van der Waals surface area contributed by atoms with Crippen LogP contribution in [0, 0.1) is 23.1 Å². The normalized spacial score (nSPS) is 19.0. The number of hydrogen-bond acceptors (Lipinski definition) is 6. The van der Waals surface area contributed by atoms with Gasteiger partial charge < -0.3 is 15.0 Å². The third-order valence-electron chi connectivity index (χ3n) is 8.27. The lowest BCUT2D eigenvalue weighted by Crippen LogP contribution is -2.40. The number of likely N-dealkylation sites (tertiary alicyclic amines) is 1. The lowest BCUT2D eigenvalue weighted by atomic mass is 9.88. The Hall–Kier alpha value is -4.79. The lowest BCUT2D eigenvalue weighted by Gasteiger charge is -2.31. The zero-order valence-corrected chi connectivity index (χ0v) is 24.1. The highest BCUT2D eigenvalue weighted by molar-refractivity contribution is 5.99. The minimum absolute atomic E-state index is 0.0465. The van der Waals surface area contributed by atoms with Crippen molar-refractivity contribution in [1.29, 1.82) is 5.26 Å². The van der Waals surface area contributed by atoms with Crippen molar-refractivity contribution >= 4 is 17.6 Å². The second-order valence-corrected chi connectivity index (χ2v) is 11.3. The van der Waals surface area contributed by atoms with Crippen molar-refractivity contribution in [2.45, 2.75) is 56.8 Å². The predicted octanol–water partition coefficient (Wildman–Crippen LogP) is 5.97. The lowest BCUT2D eigenvalue weighted by molar-refractivity contribution is -0.137. The number of halogens is 4. The molecule has 3 aromatic rings. The van der Waals surface area contributed by atoms with E-state index in [-0.39, 0.29) is 46.6 Å². The molecule has 1 aliphatic heterocycles. The van der Waals surface area contributed by atoms with E-state index in [0.29, 0.717) is 62.9 Å². The molecule has 1 N–H and O–H groups in total. The molecule has 2 fully saturated rings. The van der Waals surface area contributed by atoms with Crippen molar-refractivity contribution in [3.05, 3.63) is 94.6 Å². The quantitative estimate of drug-likeness (QED) is 0.257. The number of nitriles is 1. The number of piperidine rings is 1. The highest BCUT2D eigenvalue weighted by Crippen LogP contribution is 2.30. The van der Waals surface area contributed by atoms with E-state index in [1.807, 2.05) is 0 Å². The van der Waals surface area contributed by atoms with Crippen molar-refractivity contribution in [1.82, 2.24) is 15.2 Å². The zero-order chi connectivity index (χ0) is 32.1. The summed E-state index contributed by atoms with van der Waals surface area (Å²) >= 11 is 0. The first-order chi connectivity index (χ1) is 21.5. The third-order valence-corrected chi connectivity index (χ3v) is 8.27. The van der Waals surface area contributed by atoms with Gasteiger partial charge >= 0.3 is 6.18 Å². The number of rotatable bonds is 7. The first-order valence-corrected chi connectivity index (χ1v) is 14.7. The maximum Gasteiger partial charge on any atom is 0.416 e. The van der Waals surface area contributed by atoms with Gasteiger partial charge in [-0.25, -0.2) is 4.39 Å². The van der Waals surface area contributed by atoms with Crippen LogP contribution in [0.4, 0.5) is 17.6 Å². The topological polar surface area (TPSA) is 112 Å². The molecule has 2 aromatic carbocycles. The molecule has 1 aliphatic carbocycles. The number of aromatic nitrogens is 1. The van der Waals surface area contributed by atoms with Crippen LogP contribution < -0.4 is 10.1 Å². The van der Waals surface area contributed by atoms with Gasteiger partial charge in [0.1, 0.15) is 23.3 Å². The summed E-state index contributed by atoms with van der Waals surface area (Å²) in [5.41, 5.74) is -0.178. The second kappa shape index (κ2) is 13.5. The molecular weight excluding hydrogens is 592 g/mol. The summed E-state index contributed by atoms with van der Waals surface area (Å²) in [6, 6.07) is 13.0. The smallest absolute Gasteiger partial charge is 0.416 e. The maximum atomic E-state index is 13.9. The molecule has 45 heavy (non-hydrogen) atoms. The highest BCUT2D eigenvalue weighted by Gasteiger charge is 2.32. The molecule has 8 nitrogen and oxygen atoms in total. The summed E-state index contributed by atoms with van der Waals surface area (Å²) in [5.74, 6) is -1.56. The van der Waals surface area contributed by atoms with Gasteiger partial charge in [-0.3, -0.25) is 19.4 Å². The minimum Gasteiger partial charge on any atom is -0.490 e. The van der Waals surface area contributed by atoms with Crippen LogP contribution in [0.15, 0.2) is 60.8 Å². The van der Waals surface area contributed by atoms with E-state index in [0.717, 1.165) is 12.1 Å². The van der Waals surface area contributed by atoms with Crippen LogP contribution in [0.1, 0.15) is 80.9 Å². The van der Waals surface area contributed by atoms with E-state index in [2.05, 4.69) is 10.3 Å². The number of hydrogen-bond donors (Lipinski definition) is 1. The largest absolute Gasteiger partial charge is 0.490 e. The van der Waals surface area contributed by atoms with Gasteiger partial charge in [0, 0.05) is 42.9 Å². The summed E-state index contributed by atoms with van der Waals surface area (Å²) in [7, 11) is 0. The van der Waals surface area contributed by atoms with Crippen molar-refractivity contribution < 1.29 is 36.7 Å². The second-order valence-electron chi connectivity index (χ2n) is 11.3. The molecule has 2 heterocycles. The average Bonchev–Trinajstić information content (AvgIpc) is 3.05. The Morgan fingerprint density at radius 3 is 2.16 bits per heavy atom. The van der Waals surface area contributed by atoms with Crippen molar-refractivity contribution in [2.24, 2.45) is 5.92 Å². The summed E-state index contributed by atoms with van der Waals surface area (Å²) in [5, 5.41) is 11.8. The van der Waals surface area contributed by atoms with Crippen LogP contribution in [-0.4, -0.2) is 52.7 Å². The van der Waals surface area contributed by atoms with Gasteiger partial charge in [-0.1, -0.05) is 12.1 Å². The number of amides is 2. The Kier molecular flexibility index (Phi) is 9.46. The first-order valence-electron chi connectivity index (χ1n) is 14.7. The first kappa shape index (κ1) is 31.6. The number of nitrogens with zero attached hydrogens (tertiary/aromatic N) is 3. The number of benzene rings is 2. The fraction of sp³-hybridized carbons (Fsp3) is 0.364. The van der Waals surface area contributed by atoms with Crippen LogP contribution in [0.2, 0.25) is 0 Å². The van der Waals surface area contributed by atoms with Crippen molar-refractivity contribution in [3.63, 3.8) is 0 Å². The highest BCUT2D eigenvalue weighted by atomic mass is 19.4. The number of carbonyl (C=O) groups excluding carboxylic acids is 3. The predicted molar refractivity (Wildman–Crippen MR) is 154 cm³/mol. The minimum atomic E-state index is -4.47. The summed E-state index contributed by atoms with van der Waals surface area (Å²) < 4.78 is 58.2. The number of Topliss-reactive ketones (excluding diaryl/α,β-unsaturated/α-hetero) is 1. The molecular formula is C33H30F4N4O4. The Morgan fingerprint density at radius 2 is 1.58 bits per heavy atom.